The van der Waals surface area contributed by atoms with Crippen molar-refractivity contribution < 1.29 is 0 Å². The molecule has 1 nitrogen and oxygen atoms in total. The average Bonchev–Trinajstić information content (AvgIpc) is 2.61. The second-order valence-corrected chi connectivity index (χ2v) is 4.69. The van der Waals surface area contributed by atoms with Crippen molar-refractivity contribution in [3.05, 3.63) is 47.7 Å². The minimum absolute atomic E-state index is 0.506. The largest absolute Gasteiger partial charge is 0.342 e. The van der Waals surface area contributed by atoms with E-state index < -0.39 is 0 Å². The van der Waals surface area contributed by atoms with E-state index >= 15 is 0 Å². The molecule has 1 heteroatoms. The van der Waals surface area contributed by atoms with E-state index in [1.807, 2.05) is 0 Å². The summed E-state index contributed by atoms with van der Waals surface area (Å²) in [5, 5.41) is 0. The van der Waals surface area contributed by atoms with E-state index in [0.29, 0.717) is 6.04 Å². The summed E-state index contributed by atoms with van der Waals surface area (Å²) in [6.45, 7) is 8.74. The van der Waals surface area contributed by atoms with Crippen LogP contribution in [0, 0.1) is 13.8 Å². The lowest BCUT2D eigenvalue weighted by Crippen LogP contribution is -2.04. The van der Waals surface area contributed by atoms with Crippen molar-refractivity contribution in [2.45, 2.75) is 33.7 Å². The molecule has 0 aliphatic rings. The zero-order chi connectivity index (χ0) is 11.7. The Morgan fingerprint density at radius 2 is 1.50 bits per heavy atom. The van der Waals surface area contributed by atoms with Crippen LogP contribution in [0.5, 0.6) is 0 Å². The highest BCUT2D eigenvalue weighted by atomic mass is 15.0. The minimum atomic E-state index is 0.506. The summed E-state index contributed by atoms with van der Waals surface area (Å²) < 4.78 is 2.38. The van der Waals surface area contributed by atoms with Crippen LogP contribution < -0.4 is 0 Å². The average molecular weight is 213 g/mol. The van der Waals surface area contributed by atoms with Gasteiger partial charge >= 0.3 is 0 Å². The van der Waals surface area contributed by atoms with Crippen LogP contribution in [0.25, 0.3) is 11.3 Å². The SMILES string of the molecule is Cc1ccc(-c2ccc(C)n2C(C)C)cc1. The zero-order valence-electron chi connectivity index (χ0n) is 10.5. The molecule has 2 rings (SSSR count). The van der Waals surface area contributed by atoms with Crippen molar-refractivity contribution in [3.63, 3.8) is 0 Å². The lowest BCUT2D eigenvalue weighted by atomic mass is 10.1. The van der Waals surface area contributed by atoms with Crippen LogP contribution in [0.15, 0.2) is 36.4 Å². The van der Waals surface area contributed by atoms with E-state index in [4.69, 9.17) is 0 Å². The zero-order valence-corrected chi connectivity index (χ0v) is 10.5. The van der Waals surface area contributed by atoms with Gasteiger partial charge in [0, 0.05) is 17.4 Å². The van der Waals surface area contributed by atoms with Crippen LogP contribution in [0.1, 0.15) is 31.1 Å². The summed E-state index contributed by atoms with van der Waals surface area (Å²) in [6.07, 6.45) is 0. The van der Waals surface area contributed by atoms with E-state index in [2.05, 4.69) is 68.7 Å². The molecule has 1 heterocycles. The lowest BCUT2D eigenvalue weighted by Gasteiger charge is -2.15. The van der Waals surface area contributed by atoms with Gasteiger partial charge in [0.15, 0.2) is 0 Å². The number of nitrogens with zero attached hydrogens (tertiary/aromatic N) is 1. The normalized spacial score (nSPS) is 11.1. The first-order valence-electron chi connectivity index (χ1n) is 5.84. The van der Waals surface area contributed by atoms with E-state index in [-0.39, 0.29) is 0 Å². The summed E-state index contributed by atoms with van der Waals surface area (Å²) in [4.78, 5) is 0. The van der Waals surface area contributed by atoms with Crippen molar-refractivity contribution in [1.29, 1.82) is 0 Å². The molecular weight excluding hydrogens is 194 g/mol. The number of hydrogen-bond acceptors (Lipinski definition) is 0. The predicted molar refractivity (Wildman–Crippen MR) is 69.7 cm³/mol. The Balaban J connectivity index is 2.52. The molecule has 0 spiro atoms. The molecular formula is C15H19N. The van der Waals surface area contributed by atoms with E-state index in [1.54, 1.807) is 0 Å². The van der Waals surface area contributed by atoms with Crippen molar-refractivity contribution in [2.24, 2.45) is 0 Å². The van der Waals surface area contributed by atoms with Gasteiger partial charge in [-0.15, -0.1) is 0 Å². The predicted octanol–water partition coefficient (Wildman–Crippen LogP) is 4.35. The summed E-state index contributed by atoms with van der Waals surface area (Å²) in [7, 11) is 0. The number of hydrogen-bond donors (Lipinski definition) is 0. The molecule has 0 aliphatic heterocycles. The second-order valence-electron chi connectivity index (χ2n) is 4.69. The number of benzene rings is 1. The van der Waals surface area contributed by atoms with E-state index in [9.17, 15) is 0 Å². The van der Waals surface area contributed by atoms with Crippen molar-refractivity contribution in [3.8, 4) is 11.3 Å². The minimum Gasteiger partial charge on any atom is -0.342 e. The molecule has 84 valence electrons. The molecule has 0 radical (unpaired) electrons. The molecule has 0 saturated heterocycles. The topological polar surface area (TPSA) is 4.93 Å². The molecule has 0 N–H and O–H groups in total. The third-order valence-corrected chi connectivity index (χ3v) is 2.99. The number of aromatic nitrogens is 1. The Hall–Kier alpha value is -1.50. The molecule has 0 amide bonds. The van der Waals surface area contributed by atoms with Crippen LogP contribution in [-0.2, 0) is 0 Å². The highest BCUT2D eigenvalue weighted by molar-refractivity contribution is 5.61. The maximum absolute atomic E-state index is 2.38. The Labute approximate surface area is 97.7 Å². The van der Waals surface area contributed by atoms with Crippen LogP contribution in [0.3, 0.4) is 0 Å². The molecule has 0 unspecified atom stereocenters. The Kier molecular flexibility index (Phi) is 2.86. The summed E-state index contributed by atoms with van der Waals surface area (Å²) in [5.41, 5.74) is 5.24. The first kappa shape index (κ1) is 11.0. The van der Waals surface area contributed by atoms with Gasteiger partial charge in [-0.3, -0.25) is 0 Å². The van der Waals surface area contributed by atoms with Gasteiger partial charge in [0.2, 0.25) is 0 Å². The molecule has 16 heavy (non-hydrogen) atoms. The van der Waals surface area contributed by atoms with Gasteiger partial charge < -0.3 is 4.57 Å². The quantitative estimate of drug-likeness (QED) is 0.698. The molecule has 1 aromatic carbocycles. The summed E-state index contributed by atoms with van der Waals surface area (Å²) in [6, 6.07) is 13.6. The third-order valence-electron chi connectivity index (χ3n) is 2.99. The molecule has 1 aromatic heterocycles. The van der Waals surface area contributed by atoms with Gasteiger partial charge in [-0.05, 0) is 45.4 Å². The molecule has 0 bridgehead atoms. The Bertz CT molecular complexity index is 475. The first-order valence-corrected chi connectivity index (χ1v) is 5.84. The first-order chi connectivity index (χ1) is 7.59. The maximum Gasteiger partial charge on any atom is 0.0484 e. The fourth-order valence-corrected chi connectivity index (χ4v) is 2.20. The van der Waals surface area contributed by atoms with Gasteiger partial charge in [0.25, 0.3) is 0 Å². The van der Waals surface area contributed by atoms with Crippen LogP contribution in [-0.4, -0.2) is 4.57 Å². The highest BCUT2D eigenvalue weighted by Gasteiger charge is 2.09. The summed E-state index contributed by atoms with van der Waals surface area (Å²) >= 11 is 0. The van der Waals surface area contributed by atoms with Crippen LogP contribution in [0.2, 0.25) is 0 Å². The fraction of sp³-hybridized carbons (Fsp3) is 0.333. The molecule has 2 aromatic rings. The standard InChI is InChI=1S/C15H19N/c1-11(2)16-13(4)7-10-15(16)14-8-5-12(3)6-9-14/h5-11H,1-4H3. The molecule has 0 saturated carbocycles. The van der Waals surface area contributed by atoms with E-state index in [0.717, 1.165) is 0 Å². The molecule has 0 aliphatic carbocycles. The Morgan fingerprint density at radius 3 is 2.06 bits per heavy atom. The van der Waals surface area contributed by atoms with Gasteiger partial charge in [-0.1, -0.05) is 29.8 Å². The number of rotatable bonds is 2. The highest BCUT2D eigenvalue weighted by Crippen LogP contribution is 2.26. The third kappa shape index (κ3) is 1.90. The number of aryl methyl sites for hydroxylation is 2. The summed E-state index contributed by atoms with van der Waals surface area (Å²) in [5.74, 6) is 0. The molecule has 0 fully saturated rings. The van der Waals surface area contributed by atoms with Gasteiger partial charge in [-0.25, -0.2) is 0 Å². The van der Waals surface area contributed by atoms with Crippen molar-refractivity contribution >= 4 is 0 Å². The van der Waals surface area contributed by atoms with Gasteiger partial charge in [0.05, 0.1) is 0 Å². The van der Waals surface area contributed by atoms with Crippen LogP contribution in [0.4, 0.5) is 0 Å². The maximum atomic E-state index is 2.38. The molecule has 0 atom stereocenters. The van der Waals surface area contributed by atoms with Crippen molar-refractivity contribution in [2.75, 3.05) is 0 Å². The fourth-order valence-electron chi connectivity index (χ4n) is 2.20. The monoisotopic (exact) mass is 213 g/mol. The second kappa shape index (κ2) is 4.17. The van der Waals surface area contributed by atoms with Crippen molar-refractivity contribution in [1.82, 2.24) is 4.57 Å². The Morgan fingerprint density at radius 1 is 0.875 bits per heavy atom. The lowest BCUT2D eigenvalue weighted by molar-refractivity contribution is 0.595. The van der Waals surface area contributed by atoms with E-state index in [1.165, 1.54) is 22.5 Å². The van der Waals surface area contributed by atoms with Crippen LogP contribution >= 0.6 is 0 Å². The van der Waals surface area contributed by atoms with Gasteiger partial charge in [0.1, 0.15) is 0 Å². The smallest absolute Gasteiger partial charge is 0.0484 e. The van der Waals surface area contributed by atoms with Gasteiger partial charge in [-0.2, -0.15) is 0 Å².